The maximum atomic E-state index is 11.8. The highest BCUT2D eigenvalue weighted by atomic mass is 32.2. The minimum absolute atomic E-state index is 0.0623. The molecule has 1 rings (SSSR count). The molecule has 0 aromatic heterocycles. The van der Waals surface area contributed by atoms with E-state index in [1.807, 2.05) is 0 Å². The number of rotatable bonds is 10. The summed E-state index contributed by atoms with van der Waals surface area (Å²) in [5.41, 5.74) is 0.646. The smallest absolute Gasteiger partial charge is 0.302 e. The summed E-state index contributed by atoms with van der Waals surface area (Å²) in [4.78, 5) is 39.3. The van der Waals surface area contributed by atoms with Crippen LogP contribution in [0.4, 0.5) is 0 Å². The molecule has 5 atom stereocenters. The largest absolute Gasteiger partial charge is 0.490 e. The number of hydrogen-bond acceptors (Lipinski definition) is 9. The molecule has 1 fully saturated rings. The van der Waals surface area contributed by atoms with E-state index >= 15 is 0 Å². The number of thioether (sulfide) groups is 1. The predicted octanol–water partition coefficient (Wildman–Crippen LogP) is 2.78. The average Bonchev–Trinajstić information content (AvgIpc) is 2.92. The number of carbonyl (C=O) groups is 1. The second kappa shape index (κ2) is 9.58. The fourth-order valence-corrected chi connectivity index (χ4v) is 7.19. The number of allylic oxidation sites excluding steroid dienone is 1. The topological polar surface area (TPSA) is 166 Å². The Kier molecular flexibility index (Phi) is 8.92. The molecule has 0 aromatic carbocycles. The molecule has 3 N–H and O–H groups in total. The van der Waals surface area contributed by atoms with Crippen molar-refractivity contribution in [3.63, 3.8) is 0 Å². The van der Waals surface area contributed by atoms with Crippen molar-refractivity contribution in [1.29, 1.82) is 0 Å². The first-order valence-corrected chi connectivity index (χ1v) is 12.7. The van der Waals surface area contributed by atoms with Gasteiger partial charge in [0, 0.05) is 23.2 Å². The van der Waals surface area contributed by atoms with Crippen LogP contribution in [0.1, 0.15) is 26.7 Å². The molecule has 0 saturated carbocycles. The zero-order valence-corrected chi connectivity index (χ0v) is 17.7. The summed E-state index contributed by atoms with van der Waals surface area (Å²) in [6, 6.07) is 0. The van der Waals surface area contributed by atoms with Gasteiger partial charge in [0.25, 0.3) is 0 Å². The fraction of sp³-hybridized carbons (Fsp3) is 0.727. The van der Waals surface area contributed by atoms with Gasteiger partial charge in [-0.15, -0.1) is 11.8 Å². The van der Waals surface area contributed by atoms with Crippen LogP contribution in [-0.4, -0.2) is 44.7 Å². The van der Waals surface area contributed by atoms with Crippen molar-refractivity contribution in [2.24, 2.45) is 0 Å². The normalized spacial score (nSPS) is 28.2. The Balaban J connectivity index is 2.59. The second-order valence-corrected chi connectivity index (χ2v) is 11.4. The van der Waals surface area contributed by atoms with E-state index in [1.54, 1.807) is 13.0 Å². The summed E-state index contributed by atoms with van der Waals surface area (Å²) < 4.78 is 50.6. The van der Waals surface area contributed by atoms with Crippen LogP contribution in [0.5, 0.6) is 0 Å². The molecule has 0 aromatic rings. The summed E-state index contributed by atoms with van der Waals surface area (Å²) in [6.45, 7) is 2.90. The lowest BCUT2D eigenvalue weighted by atomic mass is 10.0. The standard InChI is InChI=1S/C11H21O11P3S/c1-4-10(8(2)12)11-6-5-9(26-11)7-20-24(15,16)22-25(17,18)21-23(13,14)19-3/h4,9,11H,5-7H2,1-3H3,(H,13,14)(H,15,16)(H,17,18). The molecule has 0 radical (unpaired) electrons. The van der Waals surface area contributed by atoms with Gasteiger partial charge < -0.3 is 14.7 Å². The fourth-order valence-electron chi connectivity index (χ4n) is 2.18. The maximum absolute atomic E-state index is 11.8. The molecule has 26 heavy (non-hydrogen) atoms. The zero-order valence-electron chi connectivity index (χ0n) is 14.2. The van der Waals surface area contributed by atoms with Gasteiger partial charge in [-0.3, -0.25) is 13.8 Å². The van der Waals surface area contributed by atoms with Crippen LogP contribution in [0.15, 0.2) is 11.6 Å². The first kappa shape index (κ1) is 24.2. The van der Waals surface area contributed by atoms with E-state index in [4.69, 9.17) is 4.89 Å². The van der Waals surface area contributed by atoms with Gasteiger partial charge in [0.1, 0.15) is 0 Å². The van der Waals surface area contributed by atoms with Crippen molar-refractivity contribution in [2.45, 2.75) is 37.2 Å². The minimum atomic E-state index is -5.40. The van der Waals surface area contributed by atoms with Crippen molar-refractivity contribution in [3.8, 4) is 0 Å². The SMILES string of the molecule is CC=C(C(C)=O)C1CCC(COP(=O)(O)OP(=O)(O)OP(=O)(O)OC)S1. The van der Waals surface area contributed by atoms with Crippen LogP contribution < -0.4 is 0 Å². The number of hydrogen-bond donors (Lipinski definition) is 3. The van der Waals surface area contributed by atoms with E-state index in [1.165, 1.54) is 18.7 Å². The Morgan fingerprint density at radius 1 is 1.12 bits per heavy atom. The van der Waals surface area contributed by atoms with Gasteiger partial charge in [-0.2, -0.15) is 8.62 Å². The molecule has 0 spiro atoms. The van der Waals surface area contributed by atoms with E-state index in [0.717, 1.165) is 7.11 Å². The van der Waals surface area contributed by atoms with Crippen LogP contribution in [0.2, 0.25) is 0 Å². The first-order valence-electron chi connectivity index (χ1n) is 7.25. The molecule has 1 saturated heterocycles. The van der Waals surface area contributed by atoms with Crippen LogP contribution in [0.3, 0.4) is 0 Å². The maximum Gasteiger partial charge on any atom is 0.490 e. The Hall–Kier alpha value is 0.170. The molecule has 0 aliphatic carbocycles. The van der Waals surface area contributed by atoms with E-state index in [2.05, 4.69) is 17.7 Å². The highest BCUT2D eigenvalue weighted by Crippen LogP contribution is 2.67. The van der Waals surface area contributed by atoms with Gasteiger partial charge >= 0.3 is 23.5 Å². The molecule has 1 aliphatic heterocycles. The number of carbonyl (C=O) groups excluding carboxylic acids is 1. The Labute approximate surface area is 154 Å². The van der Waals surface area contributed by atoms with E-state index in [-0.39, 0.29) is 22.9 Å². The molecule has 15 heteroatoms. The van der Waals surface area contributed by atoms with E-state index in [0.29, 0.717) is 18.4 Å². The van der Waals surface area contributed by atoms with Crippen molar-refractivity contribution >= 4 is 41.0 Å². The monoisotopic (exact) mass is 454 g/mol. The summed E-state index contributed by atoms with van der Waals surface area (Å²) in [6.07, 6.45) is 2.96. The van der Waals surface area contributed by atoms with Crippen LogP contribution in [0.25, 0.3) is 0 Å². The number of phosphoric acid groups is 3. The number of Topliss-reactive ketones (excluding diaryl/α,β-unsaturated/α-hetero) is 1. The van der Waals surface area contributed by atoms with Crippen molar-refractivity contribution in [2.75, 3.05) is 13.7 Å². The van der Waals surface area contributed by atoms with Gasteiger partial charge in [-0.05, 0) is 26.7 Å². The molecule has 5 unspecified atom stereocenters. The van der Waals surface area contributed by atoms with Crippen molar-refractivity contribution in [1.82, 2.24) is 0 Å². The van der Waals surface area contributed by atoms with Crippen LogP contribution in [-0.2, 0) is 36.2 Å². The van der Waals surface area contributed by atoms with Crippen LogP contribution in [0, 0.1) is 0 Å². The number of ketones is 1. The molecule has 1 heterocycles. The lowest BCUT2D eigenvalue weighted by molar-refractivity contribution is -0.113. The summed E-state index contributed by atoms with van der Waals surface area (Å²) >= 11 is 1.37. The molecule has 152 valence electrons. The average molecular weight is 454 g/mol. The van der Waals surface area contributed by atoms with Gasteiger partial charge in [0.15, 0.2) is 5.78 Å². The summed E-state index contributed by atoms with van der Waals surface area (Å²) in [7, 11) is -14.6. The molecule has 0 bridgehead atoms. The summed E-state index contributed by atoms with van der Waals surface area (Å²) in [5, 5.41) is -0.320. The van der Waals surface area contributed by atoms with E-state index in [9.17, 15) is 28.3 Å². The third kappa shape index (κ3) is 8.04. The second-order valence-electron chi connectivity index (χ2n) is 5.17. The third-order valence-corrected chi connectivity index (χ3v) is 9.05. The van der Waals surface area contributed by atoms with Gasteiger partial charge in [-0.25, -0.2) is 13.7 Å². The zero-order chi connectivity index (χ0) is 20.2. The quantitative estimate of drug-likeness (QED) is 0.327. The van der Waals surface area contributed by atoms with E-state index < -0.39 is 23.5 Å². The Bertz CT molecular complexity index is 693. The molecule has 11 nitrogen and oxygen atoms in total. The van der Waals surface area contributed by atoms with Gasteiger partial charge in [0.2, 0.25) is 0 Å². The van der Waals surface area contributed by atoms with Crippen LogP contribution >= 0.6 is 35.2 Å². The first-order chi connectivity index (χ1) is 11.8. The van der Waals surface area contributed by atoms with Gasteiger partial charge in [0.05, 0.1) is 6.61 Å². The van der Waals surface area contributed by atoms with Crippen molar-refractivity contribution < 1.29 is 50.8 Å². The third-order valence-electron chi connectivity index (χ3n) is 3.24. The van der Waals surface area contributed by atoms with Gasteiger partial charge in [-0.1, -0.05) is 6.08 Å². The highest BCUT2D eigenvalue weighted by Gasteiger charge is 2.42. The molecular weight excluding hydrogens is 433 g/mol. The highest BCUT2D eigenvalue weighted by molar-refractivity contribution is 8.01. The lowest BCUT2D eigenvalue weighted by Gasteiger charge is -2.18. The molecular formula is C11H21O11P3S. The molecule has 0 amide bonds. The lowest BCUT2D eigenvalue weighted by Crippen LogP contribution is -2.11. The summed E-state index contributed by atoms with van der Waals surface area (Å²) in [5.74, 6) is -0.0623. The van der Waals surface area contributed by atoms with Crippen molar-refractivity contribution in [3.05, 3.63) is 11.6 Å². The molecule has 1 aliphatic rings. The Morgan fingerprint density at radius 2 is 1.69 bits per heavy atom. The predicted molar refractivity (Wildman–Crippen MR) is 93.4 cm³/mol. The Morgan fingerprint density at radius 3 is 2.19 bits per heavy atom. The minimum Gasteiger partial charge on any atom is -0.302 e. The number of phosphoric ester groups is 2.